The molecule has 11 nitrogen and oxygen atoms in total. The average Bonchev–Trinajstić information content (AvgIpc) is 2.80. The van der Waals surface area contributed by atoms with E-state index in [1.165, 1.54) is 18.3 Å². The van der Waals surface area contributed by atoms with Crippen LogP contribution in [0.2, 0.25) is 0 Å². The lowest BCUT2D eigenvalue weighted by atomic mass is 10.2. The summed E-state index contributed by atoms with van der Waals surface area (Å²) in [5, 5.41) is 18.1. The van der Waals surface area contributed by atoms with E-state index in [0.717, 1.165) is 10.2 Å². The topological polar surface area (TPSA) is 131 Å². The van der Waals surface area contributed by atoms with Gasteiger partial charge in [0.05, 0.1) is 24.4 Å². The first-order valence-electron chi connectivity index (χ1n) is 9.72. The van der Waals surface area contributed by atoms with Gasteiger partial charge in [-0.3, -0.25) is 10.1 Å². The zero-order valence-electron chi connectivity index (χ0n) is 16.8. The van der Waals surface area contributed by atoms with E-state index >= 15 is 0 Å². The SMILES string of the molecule is O=[N+]([O-])c1ccc(C=NNc2nc(Nc3cccc(Br)c3)nc(N3CCOCC3)n2)cc1. The molecule has 1 aromatic heterocycles. The van der Waals surface area contributed by atoms with Crippen molar-refractivity contribution in [2.45, 2.75) is 0 Å². The van der Waals surface area contributed by atoms with Crippen molar-refractivity contribution in [2.24, 2.45) is 5.10 Å². The molecule has 2 aromatic carbocycles. The average molecular weight is 499 g/mol. The van der Waals surface area contributed by atoms with Crippen molar-refractivity contribution >= 4 is 51.4 Å². The Labute approximate surface area is 191 Å². The van der Waals surface area contributed by atoms with Crippen LogP contribution >= 0.6 is 15.9 Å². The molecule has 3 aromatic rings. The Balaban J connectivity index is 1.54. The van der Waals surface area contributed by atoms with Crippen LogP contribution in [0, 0.1) is 10.1 Å². The molecule has 0 atom stereocenters. The molecule has 12 heteroatoms. The number of nitrogens with zero attached hydrogens (tertiary/aromatic N) is 6. The van der Waals surface area contributed by atoms with Gasteiger partial charge in [0.15, 0.2) is 0 Å². The number of nitro benzene ring substituents is 1. The Morgan fingerprint density at radius 1 is 1.09 bits per heavy atom. The molecule has 2 heterocycles. The molecule has 0 saturated carbocycles. The predicted octanol–water partition coefficient (Wildman–Crippen LogP) is 3.57. The Bertz CT molecular complexity index is 1120. The maximum Gasteiger partial charge on any atom is 0.269 e. The van der Waals surface area contributed by atoms with Crippen LogP contribution in [-0.4, -0.2) is 52.4 Å². The van der Waals surface area contributed by atoms with Gasteiger partial charge in [0, 0.05) is 35.4 Å². The summed E-state index contributed by atoms with van der Waals surface area (Å²) in [4.78, 5) is 25.8. The lowest BCUT2D eigenvalue weighted by Gasteiger charge is -2.27. The third kappa shape index (κ3) is 5.74. The summed E-state index contributed by atoms with van der Waals surface area (Å²) in [6, 6.07) is 13.7. The predicted molar refractivity (Wildman–Crippen MR) is 125 cm³/mol. The van der Waals surface area contributed by atoms with Crippen LogP contribution in [0.5, 0.6) is 0 Å². The van der Waals surface area contributed by atoms with Crippen molar-refractivity contribution in [3.8, 4) is 0 Å². The molecule has 1 aliphatic rings. The fourth-order valence-electron chi connectivity index (χ4n) is 2.92. The highest BCUT2D eigenvalue weighted by molar-refractivity contribution is 9.10. The van der Waals surface area contributed by atoms with E-state index in [2.05, 4.69) is 46.7 Å². The number of morpholine rings is 1. The molecule has 0 unspecified atom stereocenters. The number of hydrazone groups is 1. The van der Waals surface area contributed by atoms with Gasteiger partial charge in [-0.05, 0) is 35.9 Å². The third-order valence-corrected chi connectivity index (χ3v) is 4.97. The highest BCUT2D eigenvalue weighted by Gasteiger charge is 2.16. The molecule has 0 radical (unpaired) electrons. The fourth-order valence-corrected chi connectivity index (χ4v) is 3.32. The number of aromatic nitrogens is 3. The molecule has 1 aliphatic heterocycles. The van der Waals surface area contributed by atoms with Crippen LogP contribution in [0.15, 0.2) is 58.1 Å². The highest BCUT2D eigenvalue weighted by Crippen LogP contribution is 2.21. The first-order chi connectivity index (χ1) is 15.6. The molecule has 1 fully saturated rings. The molecular formula is C20H19BrN8O3. The Morgan fingerprint density at radius 2 is 1.84 bits per heavy atom. The Morgan fingerprint density at radius 3 is 2.56 bits per heavy atom. The standard InChI is InChI=1S/C20H19BrN8O3/c21-15-2-1-3-16(12-15)23-18-24-19(26-20(25-18)28-8-10-32-11-9-28)27-22-13-14-4-6-17(7-5-14)29(30)31/h1-7,12-13H,8-11H2,(H2,23,24,25,26,27). The summed E-state index contributed by atoms with van der Waals surface area (Å²) in [5.41, 5.74) is 4.34. The van der Waals surface area contributed by atoms with Gasteiger partial charge in [-0.2, -0.15) is 20.1 Å². The smallest absolute Gasteiger partial charge is 0.269 e. The fraction of sp³-hybridized carbons (Fsp3) is 0.200. The molecule has 164 valence electrons. The molecule has 4 rings (SSSR count). The zero-order chi connectivity index (χ0) is 22.3. The van der Waals surface area contributed by atoms with E-state index in [1.54, 1.807) is 12.1 Å². The van der Waals surface area contributed by atoms with Gasteiger partial charge in [-0.1, -0.05) is 22.0 Å². The van der Waals surface area contributed by atoms with E-state index in [0.29, 0.717) is 43.8 Å². The minimum Gasteiger partial charge on any atom is -0.378 e. The Hall–Kier alpha value is -3.64. The number of benzene rings is 2. The normalized spacial score (nSPS) is 13.8. The van der Waals surface area contributed by atoms with Crippen LogP contribution in [0.3, 0.4) is 0 Å². The van der Waals surface area contributed by atoms with Crippen molar-refractivity contribution in [1.82, 2.24) is 15.0 Å². The number of rotatable bonds is 7. The minimum atomic E-state index is -0.447. The van der Waals surface area contributed by atoms with Crippen LogP contribution in [0.1, 0.15) is 5.56 Å². The van der Waals surface area contributed by atoms with Crippen LogP contribution < -0.4 is 15.6 Å². The molecule has 2 N–H and O–H groups in total. The van der Waals surface area contributed by atoms with Crippen LogP contribution in [0.25, 0.3) is 0 Å². The van der Waals surface area contributed by atoms with E-state index in [9.17, 15) is 10.1 Å². The van der Waals surface area contributed by atoms with Gasteiger partial charge in [0.2, 0.25) is 17.8 Å². The number of nitro groups is 1. The summed E-state index contributed by atoms with van der Waals surface area (Å²) in [6.07, 6.45) is 1.53. The first kappa shape index (κ1) is 21.6. The molecule has 0 bridgehead atoms. The molecular weight excluding hydrogens is 480 g/mol. The minimum absolute atomic E-state index is 0.0194. The van der Waals surface area contributed by atoms with Crippen molar-refractivity contribution in [3.63, 3.8) is 0 Å². The molecule has 32 heavy (non-hydrogen) atoms. The van der Waals surface area contributed by atoms with Crippen LogP contribution in [-0.2, 0) is 4.74 Å². The number of hydrogen-bond acceptors (Lipinski definition) is 10. The number of nitrogens with one attached hydrogen (secondary N) is 2. The number of halogens is 1. The van der Waals surface area contributed by atoms with Crippen molar-refractivity contribution < 1.29 is 9.66 Å². The molecule has 0 amide bonds. The Kier molecular flexibility index (Phi) is 6.82. The number of hydrogen-bond donors (Lipinski definition) is 2. The quantitative estimate of drug-likeness (QED) is 0.285. The third-order valence-electron chi connectivity index (χ3n) is 4.48. The number of non-ortho nitro benzene ring substituents is 1. The first-order valence-corrected chi connectivity index (χ1v) is 10.5. The monoisotopic (exact) mass is 498 g/mol. The van der Waals surface area contributed by atoms with Crippen molar-refractivity contribution in [1.29, 1.82) is 0 Å². The molecule has 0 aliphatic carbocycles. The second-order valence-corrected chi connectivity index (χ2v) is 7.65. The maximum atomic E-state index is 10.8. The van der Waals surface area contributed by atoms with Gasteiger partial charge < -0.3 is 15.0 Å². The molecule has 1 saturated heterocycles. The van der Waals surface area contributed by atoms with Crippen molar-refractivity contribution in [2.75, 3.05) is 41.9 Å². The van der Waals surface area contributed by atoms with E-state index in [-0.39, 0.29) is 11.6 Å². The maximum absolute atomic E-state index is 10.8. The lowest BCUT2D eigenvalue weighted by molar-refractivity contribution is -0.384. The van der Waals surface area contributed by atoms with Gasteiger partial charge in [-0.25, -0.2) is 5.43 Å². The zero-order valence-corrected chi connectivity index (χ0v) is 18.4. The van der Waals surface area contributed by atoms with E-state index < -0.39 is 4.92 Å². The highest BCUT2D eigenvalue weighted by atomic mass is 79.9. The second-order valence-electron chi connectivity index (χ2n) is 6.74. The summed E-state index contributed by atoms with van der Waals surface area (Å²) >= 11 is 3.45. The van der Waals surface area contributed by atoms with Gasteiger partial charge >= 0.3 is 0 Å². The van der Waals surface area contributed by atoms with Crippen LogP contribution in [0.4, 0.5) is 29.2 Å². The largest absolute Gasteiger partial charge is 0.378 e. The lowest BCUT2D eigenvalue weighted by Crippen LogP contribution is -2.37. The summed E-state index contributed by atoms with van der Waals surface area (Å²) < 4.78 is 6.34. The van der Waals surface area contributed by atoms with E-state index in [4.69, 9.17) is 4.74 Å². The number of ether oxygens (including phenoxy) is 1. The van der Waals surface area contributed by atoms with Gasteiger partial charge in [0.25, 0.3) is 5.69 Å². The van der Waals surface area contributed by atoms with Gasteiger partial charge in [0.1, 0.15) is 0 Å². The van der Waals surface area contributed by atoms with Gasteiger partial charge in [-0.15, -0.1) is 0 Å². The summed E-state index contributed by atoms with van der Waals surface area (Å²) in [5.74, 6) is 1.14. The molecule has 0 spiro atoms. The summed E-state index contributed by atoms with van der Waals surface area (Å²) in [6.45, 7) is 2.54. The summed E-state index contributed by atoms with van der Waals surface area (Å²) in [7, 11) is 0. The second kappa shape index (κ2) is 10.1. The number of anilines is 4. The van der Waals surface area contributed by atoms with Crippen molar-refractivity contribution in [3.05, 3.63) is 68.7 Å². The van der Waals surface area contributed by atoms with E-state index in [1.807, 2.05) is 29.2 Å².